The van der Waals surface area contributed by atoms with Crippen LogP contribution in [0.25, 0.3) is 22.6 Å². The number of aromatic amines is 1. The highest BCUT2D eigenvalue weighted by Gasteiger charge is 2.24. The normalized spacial score (nSPS) is 16.1. The van der Waals surface area contributed by atoms with Crippen LogP contribution in [0.15, 0.2) is 67.3 Å². The molecule has 3 heterocycles. The predicted octanol–water partition coefficient (Wildman–Crippen LogP) is 4.56. The first-order chi connectivity index (χ1) is 13.8. The number of hydrogen-bond donors (Lipinski definition) is 1. The zero-order valence-corrected chi connectivity index (χ0v) is 15.8. The molecule has 140 valence electrons. The summed E-state index contributed by atoms with van der Waals surface area (Å²) in [6.07, 6.45) is 4.63. The lowest BCUT2D eigenvalue weighted by atomic mass is 9.97. The molecule has 0 saturated heterocycles. The van der Waals surface area contributed by atoms with Crippen LogP contribution in [0.4, 0.5) is 0 Å². The molecule has 0 aliphatic carbocycles. The number of nitrogens with one attached hydrogen (secondary N) is 1. The molecule has 1 atom stereocenters. The number of H-pyrrole nitrogens is 1. The van der Waals surface area contributed by atoms with Gasteiger partial charge in [0, 0.05) is 11.3 Å². The van der Waals surface area contributed by atoms with Crippen LogP contribution < -0.4 is 0 Å². The van der Waals surface area contributed by atoms with E-state index >= 15 is 0 Å². The average molecular weight is 370 g/mol. The summed E-state index contributed by atoms with van der Waals surface area (Å²) in [6.45, 7) is 3.50. The number of rotatable bonds is 4. The fraction of sp³-hybridized carbons (Fsp3) is 0.217. The second kappa shape index (κ2) is 7.09. The van der Waals surface area contributed by atoms with Gasteiger partial charge < -0.3 is 14.3 Å². The van der Waals surface area contributed by atoms with Gasteiger partial charge in [0.1, 0.15) is 11.8 Å². The molecule has 0 bridgehead atoms. The van der Waals surface area contributed by atoms with Gasteiger partial charge in [-0.05, 0) is 24.5 Å². The van der Waals surface area contributed by atoms with E-state index in [4.69, 9.17) is 9.72 Å². The third-order valence-corrected chi connectivity index (χ3v) is 5.39. The maximum atomic E-state index is 6.15. The fourth-order valence-electron chi connectivity index (χ4n) is 3.98. The molecule has 5 heteroatoms. The smallest absolute Gasteiger partial charge is 0.110 e. The average Bonchev–Trinajstić information content (AvgIpc) is 3.34. The number of aromatic nitrogens is 4. The summed E-state index contributed by atoms with van der Waals surface area (Å²) in [5.41, 5.74) is 7.66. The summed E-state index contributed by atoms with van der Waals surface area (Å²) >= 11 is 0. The Morgan fingerprint density at radius 1 is 1.04 bits per heavy atom. The molecule has 0 radical (unpaired) electrons. The standard InChI is InChI=1S/C23H22N4O/c1-16-21(25-14-24-16)23-22(18-8-3-2-4-9-18)26-15-27(23)13-20-19-10-6-5-7-17(19)11-12-28-20/h2-10,14-15,20H,11-13H2,1H3,(H,24,25)/t20-/m0/s1. The molecule has 0 unspecified atom stereocenters. The van der Waals surface area contributed by atoms with E-state index in [1.54, 1.807) is 6.33 Å². The maximum absolute atomic E-state index is 6.15. The van der Waals surface area contributed by atoms with E-state index in [0.29, 0.717) is 6.54 Å². The van der Waals surface area contributed by atoms with Gasteiger partial charge in [-0.15, -0.1) is 0 Å². The van der Waals surface area contributed by atoms with E-state index in [-0.39, 0.29) is 6.10 Å². The zero-order chi connectivity index (χ0) is 18.9. The minimum absolute atomic E-state index is 0.0146. The highest BCUT2D eigenvalue weighted by molar-refractivity contribution is 5.77. The van der Waals surface area contributed by atoms with Crippen molar-refractivity contribution in [3.05, 3.63) is 84.1 Å². The van der Waals surface area contributed by atoms with Gasteiger partial charge in [-0.25, -0.2) is 9.97 Å². The molecule has 1 aliphatic heterocycles. The molecule has 5 nitrogen and oxygen atoms in total. The third kappa shape index (κ3) is 2.94. The van der Waals surface area contributed by atoms with Crippen molar-refractivity contribution in [2.45, 2.75) is 26.0 Å². The van der Waals surface area contributed by atoms with E-state index in [1.807, 2.05) is 31.5 Å². The monoisotopic (exact) mass is 370 g/mol. The van der Waals surface area contributed by atoms with Crippen LogP contribution in [0.5, 0.6) is 0 Å². The Hall–Kier alpha value is -3.18. The molecule has 0 fully saturated rings. The lowest BCUT2D eigenvalue weighted by Gasteiger charge is -2.27. The summed E-state index contributed by atoms with van der Waals surface area (Å²) in [7, 11) is 0. The molecule has 4 aromatic rings. The topological polar surface area (TPSA) is 55.7 Å². The van der Waals surface area contributed by atoms with Crippen molar-refractivity contribution in [3.63, 3.8) is 0 Å². The number of imidazole rings is 2. The summed E-state index contributed by atoms with van der Waals surface area (Å²) in [5, 5.41) is 0. The van der Waals surface area contributed by atoms with Gasteiger partial charge in [-0.2, -0.15) is 0 Å². The molecule has 28 heavy (non-hydrogen) atoms. The van der Waals surface area contributed by atoms with Gasteiger partial charge in [0.2, 0.25) is 0 Å². The number of hydrogen-bond acceptors (Lipinski definition) is 3. The van der Waals surface area contributed by atoms with Crippen LogP contribution in [0, 0.1) is 6.92 Å². The molecule has 0 spiro atoms. The largest absolute Gasteiger partial charge is 0.371 e. The first-order valence-corrected chi connectivity index (χ1v) is 9.61. The summed E-state index contributed by atoms with van der Waals surface area (Å²) in [5.74, 6) is 0. The Labute approximate surface area is 164 Å². The second-order valence-electron chi connectivity index (χ2n) is 7.14. The molecular weight excluding hydrogens is 348 g/mol. The quantitative estimate of drug-likeness (QED) is 0.573. The van der Waals surface area contributed by atoms with Gasteiger partial charge in [-0.1, -0.05) is 54.6 Å². The van der Waals surface area contributed by atoms with Crippen molar-refractivity contribution < 1.29 is 4.74 Å². The van der Waals surface area contributed by atoms with Gasteiger partial charge in [0.15, 0.2) is 0 Å². The third-order valence-electron chi connectivity index (χ3n) is 5.39. The van der Waals surface area contributed by atoms with E-state index in [2.05, 4.69) is 50.9 Å². The van der Waals surface area contributed by atoms with Crippen molar-refractivity contribution in [2.75, 3.05) is 6.61 Å². The lowest BCUT2D eigenvalue weighted by Crippen LogP contribution is -2.20. The van der Waals surface area contributed by atoms with Crippen molar-refractivity contribution in [2.24, 2.45) is 0 Å². The minimum Gasteiger partial charge on any atom is -0.371 e. The Balaban J connectivity index is 1.60. The highest BCUT2D eigenvalue weighted by atomic mass is 16.5. The van der Waals surface area contributed by atoms with Gasteiger partial charge in [-0.3, -0.25) is 0 Å². The molecule has 1 aliphatic rings. The molecule has 0 saturated carbocycles. The zero-order valence-electron chi connectivity index (χ0n) is 15.8. The number of aryl methyl sites for hydroxylation is 1. The first-order valence-electron chi connectivity index (χ1n) is 9.61. The van der Waals surface area contributed by atoms with E-state index in [9.17, 15) is 0 Å². The Morgan fingerprint density at radius 2 is 1.86 bits per heavy atom. The van der Waals surface area contributed by atoms with Crippen molar-refractivity contribution in [3.8, 4) is 22.6 Å². The van der Waals surface area contributed by atoms with E-state index in [0.717, 1.165) is 41.4 Å². The minimum atomic E-state index is 0.0146. The van der Waals surface area contributed by atoms with Gasteiger partial charge >= 0.3 is 0 Å². The number of ether oxygens (including phenoxy) is 1. The lowest BCUT2D eigenvalue weighted by molar-refractivity contribution is 0.0309. The SMILES string of the molecule is Cc1[nH]cnc1-c1c(-c2ccccc2)ncn1C[C@@H]1OCCc2ccccc21. The van der Waals surface area contributed by atoms with Crippen LogP contribution >= 0.6 is 0 Å². The summed E-state index contributed by atoms with van der Waals surface area (Å²) < 4.78 is 8.33. The van der Waals surface area contributed by atoms with Crippen molar-refractivity contribution in [1.29, 1.82) is 0 Å². The molecule has 0 amide bonds. The van der Waals surface area contributed by atoms with E-state index in [1.165, 1.54) is 11.1 Å². The summed E-state index contributed by atoms with van der Waals surface area (Å²) in [4.78, 5) is 12.5. The first kappa shape index (κ1) is 17.0. The van der Waals surface area contributed by atoms with Crippen LogP contribution in [0.2, 0.25) is 0 Å². The molecule has 2 aromatic carbocycles. The number of nitrogens with zero attached hydrogens (tertiary/aromatic N) is 3. The van der Waals surface area contributed by atoms with Crippen molar-refractivity contribution >= 4 is 0 Å². The maximum Gasteiger partial charge on any atom is 0.110 e. The molecule has 2 aromatic heterocycles. The van der Waals surface area contributed by atoms with Crippen LogP contribution in [0.1, 0.15) is 22.9 Å². The Morgan fingerprint density at radius 3 is 2.68 bits per heavy atom. The van der Waals surface area contributed by atoms with Gasteiger partial charge in [0.25, 0.3) is 0 Å². The number of benzene rings is 2. The highest BCUT2D eigenvalue weighted by Crippen LogP contribution is 2.34. The summed E-state index contributed by atoms with van der Waals surface area (Å²) in [6, 6.07) is 18.8. The van der Waals surface area contributed by atoms with Crippen LogP contribution in [-0.2, 0) is 17.7 Å². The second-order valence-corrected chi connectivity index (χ2v) is 7.14. The van der Waals surface area contributed by atoms with Gasteiger partial charge in [0.05, 0.1) is 37.2 Å². The van der Waals surface area contributed by atoms with Crippen LogP contribution in [0.3, 0.4) is 0 Å². The van der Waals surface area contributed by atoms with Crippen LogP contribution in [-0.4, -0.2) is 26.1 Å². The Kier molecular flexibility index (Phi) is 4.29. The molecule has 5 rings (SSSR count). The molecule has 1 N–H and O–H groups in total. The molecular formula is C23H22N4O. The fourth-order valence-corrected chi connectivity index (χ4v) is 3.98. The number of fused-ring (bicyclic) bond motifs is 1. The van der Waals surface area contributed by atoms with Crippen molar-refractivity contribution in [1.82, 2.24) is 19.5 Å². The Bertz CT molecular complexity index is 1100. The van der Waals surface area contributed by atoms with E-state index < -0.39 is 0 Å². The predicted molar refractivity (Wildman–Crippen MR) is 109 cm³/mol.